The molecule has 114 valence electrons. The Bertz CT molecular complexity index is 440. The van der Waals surface area contributed by atoms with E-state index in [4.69, 9.17) is 4.74 Å². The van der Waals surface area contributed by atoms with Crippen LogP contribution in [0.1, 0.15) is 5.56 Å². The average molecular weight is 404 g/mol. The van der Waals surface area contributed by atoms with Gasteiger partial charge in [0.15, 0.2) is 5.96 Å². The minimum atomic E-state index is -4.47. The predicted octanol–water partition coefficient (Wildman–Crippen LogP) is 1.89. The van der Waals surface area contributed by atoms with Crippen LogP contribution in [0.5, 0.6) is 5.88 Å². The smallest absolute Gasteiger partial charge is 0.421 e. The first-order valence-electron chi connectivity index (χ1n) is 5.52. The Balaban J connectivity index is 0.00000361. The molecule has 0 radical (unpaired) electrons. The molecule has 0 aliphatic rings. The maximum Gasteiger partial charge on any atom is 0.421 e. The van der Waals surface area contributed by atoms with Gasteiger partial charge in [0, 0.05) is 20.3 Å². The number of pyridine rings is 1. The first-order chi connectivity index (χ1) is 8.99. The van der Waals surface area contributed by atoms with Crippen molar-refractivity contribution < 1.29 is 17.9 Å². The van der Waals surface area contributed by atoms with Crippen molar-refractivity contribution in [3.05, 3.63) is 23.9 Å². The second-order valence-electron chi connectivity index (χ2n) is 3.45. The van der Waals surface area contributed by atoms with Crippen molar-refractivity contribution in [1.82, 2.24) is 15.6 Å². The van der Waals surface area contributed by atoms with Crippen molar-refractivity contribution >= 4 is 29.9 Å². The number of hydrogen-bond donors (Lipinski definition) is 2. The maximum atomic E-state index is 12.6. The van der Waals surface area contributed by atoms with Gasteiger partial charge in [-0.15, -0.1) is 24.0 Å². The van der Waals surface area contributed by atoms with Crippen molar-refractivity contribution in [3.63, 3.8) is 0 Å². The van der Waals surface area contributed by atoms with Crippen LogP contribution in [0.3, 0.4) is 0 Å². The number of aliphatic imine (C=N–C) groups is 1. The molecule has 0 spiro atoms. The fourth-order valence-corrected chi connectivity index (χ4v) is 1.32. The lowest BCUT2D eigenvalue weighted by Gasteiger charge is -2.13. The van der Waals surface area contributed by atoms with E-state index in [0.717, 1.165) is 6.07 Å². The van der Waals surface area contributed by atoms with E-state index >= 15 is 0 Å². The topological polar surface area (TPSA) is 58.5 Å². The van der Waals surface area contributed by atoms with Crippen LogP contribution >= 0.6 is 24.0 Å². The molecule has 2 N–H and O–H groups in total. The second kappa shape index (κ2) is 8.82. The molecular formula is C11H16F3IN4O. The maximum absolute atomic E-state index is 12.6. The summed E-state index contributed by atoms with van der Waals surface area (Å²) in [7, 11) is 3.26. The highest BCUT2D eigenvalue weighted by Crippen LogP contribution is 2.34. The minimum Gasteiger partial charge on any atom is -0.475 e. The van der Waals surface area contributed by atoms with Crippen LogP contribution in [0.4, 0.5) is 13.2 Å². The molecule has 0 unspecified atom stereocenters. The zero-order valence-electron chi connectivity index (χ0n) is 11.0. The van der Waals surface area contributed by atoms with Gasteiger partial charge in [0.25, 0.3) is 0 Å². The van der Waals surface area contributed by atoms with Gasteiger partial charge in [0.05, 0.1) is 6.54 Å². The van der Waals surface area contributed by atoms with Gasteiger partial charge in [0.2, 0.25) is 5.88 Å². The van der Waals surface area contributed by atoms with Gasteiger partial charge in [-0.05, 0) is 12.1 Å². The van der Waals surface area contributed by atoms with E-state index in [0.29, 0.717) is 12.5 Å². The van der Waals surface area contributed by atoms with Crippen LogP contribution in [0.15, 0.2) is 23.3 Å². The summed E-state index contributed by atoms with van der Waals surface area (Å²) in [5.41, 5.74) is -0.881. The lowest BCUT2D eigenvalue weighted by molar-refractivity contribution is -0.139. The van der Waals surface area contributed by atoms with E-state index in [1.54, 1.807) is 14.1 Å². The molecule has 0 atom stereocenters. The van der Waals surface area contributed by atoms with Crippen LogP contribution in [-0.2, 0) is 6.18 Å². The van der Waals surface area contributed by atoms with Crippen LogP contribution in [0, 0.1) is 0 Å². The standard InChI is InChI=1S/C11H15F3N4O.HI/c1-15-10(16-2)18-6-7-19-9-8(11(12,13)14)4-3-5-17-9;/h3-5H,6-7H2,1-2H3,(H2,15,16,18);1H. The van der Waals surface area contributed by atoms with Gasteiger partial charge < -0.3 is 15.4 Å². The Morgan fingerprint density at radius 1 is 1.45 bits per heavy atom. The molecule has 1 rings (SSSR count). The number of ether oxygens (including phenoxy) is 1. The number of nitrogens with one attached hydrogen (secondary N) is 2. The second-order valence-corrected chi connectivity index (χ2v) is 3.45. The van der Waals surface area contributed by atoms with Gasteiger partial charge in [-0.3, -0.25) is 4.99 Å². The summed E-state index contributed by atoms with van der Waals surface area (Å²) in [6.07, 6.45) is -3.22. The summed E-state index contributed by atoms with van der Waals surface area (Å²) >= 11 is 0. The van der Waals surface area contributed by atoms with Crippen LogP contribution in [0.2, 0.25) is 0 Å². The number of rotatable bonds is 4. The minimum absolute atomic E-state index is 0. The Hall–Kier alpha value is -1.26. The molecule has 1 aromatic heterocycles. The Morgan fingerprint density at radius 3 is 2.70 bits per heavy atom. The van der Waals surface area contributed by atoms with E-state index < -0.39 is 17.6 Å². The molecule has 0 aromatic carbocycles. The highest BCUT2D eigenvalue weighted by molar-refractivity contribution is 14.0. The molecular weight excluding hydrogens is 388 g/mol. The first kappa shape index (κ1) is 18.7. The van der Waals surface area contributed by atoms with Crippen molar-refractivity contribution in [1.29, 1.82) is 0 Å². The van der Waals surface area contributed by atoms with E-state index in [1.165, 1.54) is 12.3 Å². The van der Waals surface area contributed by atoms with Crippen LogP contribution in [-0.4, -0.2) is 38.2 Å². The summed E-state index contributed by atoms with van der Waals surface area (Å²) in [5.74, 6) is 0.108. The summed E-state index contributed by atoms with van der Waals surface area (Å²) in [6, 6.07) is 2.15. The third-order valence-corrected chi connectivity index (χ3v) is 2.17. The fraction of sp³-hybridized carbons (Fsp3) is 0.455. The Kier molecular flexibility index (Phi) is 8.26. The van der Waals surface area contributed by atoms with Gasteiger partial charge in [-0.1, -0.05) is 0 Å². The molecule has 0 bridgehead atoms. The van der Waals surface area contributed by atoms with Gasteiger partial charge in [0.1, 0.15) is 12.2 Å². The highest BCUT2D eigenvalue weighted by Gasteiger charge is 2.34. The van der Waals surface area contributed by atoms with Crippen LogP contribution in [0.25, 0.3) is 0 Å². The van der Waals surface area contributed by atoms with E-state index in [2.05, 4.69) is 20.6 Å². The first-order valence-corrected chi connectivity index (χ1v) is 5.52. The Labute approximate surface area is 132 Å². The SMILES string of the molecule is CN=C(NC)NCCOc1ncccc1C(F)(F)F.I. The predicted molar refractivity (Wildman–Crippen MR) is 80.6 cm³/mol. The molecule has 1 aromatic rings. The van der Waals surface area contributed by atoms with Crippen molar-refractivity contribution in [2.75, 3.05) is 27.2 Å². The lowest BCUT2D eigenvalue weighted by atomic mass is 10.2. The molecule has 9 heteroatoms. The summed E-state index contributed by atoms with van der Waals surface area (Å²) in [5, 5.41) is 5.63. The van der Waals surface area contributed by atoms with Crippen molar-refractivity contribution in [3.8, 4) is 5.88 Å². The molecule has 5 nitrogen and oxygen atoms in total. The summed E-state index contributed by atoms with van der Waals surface area (Å²) < 4.78 is 42.9. The molecule has 0 saturated carbocycles. The molecule has 0 saturated heterocycles. The van der Waals surface area contributed by atoms with Gasteiger partial charge >= 0.3 is 6.18 Å². The lowest BCUT2D eigenvalue weighted by Crippen LogP contribution is -2.37. The zero-order chi connectivity index (χ0) is 14.3. The summed E-state index contributed by atoms with van der Waals surface area (Å²) in [6.45, 7) is 0.349. The van der Waals surface area contributed by atoms with Crippen molar-refractivity contribution in [2.24, 2.45) is 4.99 Å². The number of alkyl halides is 3. The molecule has 1 heterocycles. The summed E-state index contributed by atoms with van der Waals surface area (Å²) in [4.78, 5) is 7.44. The number of aromatic nitrogens is 1. The third-order valence-electron chi connectivity index (χ3n) is 2.17. The van der Waals surface area contributed by atoms with Gasteiger partial charge in [-0.25, -0.2) is 4.98 Å². The highest BCUT2D eigenvalue weighted by atomic mass is 127. The number of guanidine groups is 1. The molecule has 0 aliphatic heterocycles. The normalized spacial score (nSPS) is 11.6. The molecule has 0 amide bonds. The van der Waals surface area contributed by atoms with Gasteiger partial charge in [-0.2, -0.15) is 13.2 Å². The quantitative estimate of drug-likeness (QED) is 0.349. The average Bonchev–Trinajstić information content (AvgIpc) is 2.38. The Morgan fingerprint density at radius 2 is 2.15 bits per heavy atom. The zero-order valence-corrected chi connectivity index (χ0v) is 13.3. The van der Waals surface area contributed by atoms with E-state index in [9.17, 15) is 13.2 Å². The molecule has 0 fully saturated rings. The number of hydrogen-bond acceptors (Lipinski definition) is 3. The number of halogens is 4. The molecule has 0 aliphatic carbocycles. The third kappa shape index (κ3) is 5.80. The van der Waals surface area contributed by atoms with Crippen molar-refractivity contribution in [2.45, 2.75) is 6.18 Å². The molecule has 20 heavy (non-hydrogen) atoms. The van der Waals surface area contributed by atoms with Crippen LogP contribution < -0.4 is 15.4 Å². The van der Waals surface area contributed by atoms with E-state index in [-0.39, 0.29) is 30.6 Å². The number of nitrogens with zero attached hydrogens (tertiary/aromatic N) is 2. The van der Waals surface area contributed by atoms with E-state index in [1.807, 2.05) is 0 Å². The largest absolute Gasteiger partial charge is 0.475 e. The monoisotopic (exact) mass is 404 g/mol. The fourth-order valence-electron chi connectivity index (χ4n) is 1.32.